The van der Waals surface area contributed by atoms with Crippen LogP contribution in [-0.4, -0.2) is 30.8 Å². The van der Waals surface area contributed by atoms with Gasteiger partial charge in [-0.1, -0.05) is 76.6 Å². The Morgan fingerprint density at radius 3 is 2.49 bits per heavy atom. The SMILES string of the molecule is CCCc1c(Cc2ccc(-c3ccccc3)c(C3=NNC(=O)C3)c2)c(=O)n(CC(C)(C)C)c2ncnn12. The Bertz CT molecular complexity index is 1560. The van der Waals surface area contributed by atoms with Gasteiger partial charge in [0.1, 0.15) is 6.33 Å². The van der Waals surface area contributed by atoms with Gasteiger partial charge in [0.25, 0.3) is 5.56 Å². The Labute approximate surface area is 216 Å². The summed E-state index contributed by atoms with van der Waals surface area (Å²) in [7, 11) is 0. The van der Waals surface area contributed by atoms with Gasteiger partial charge in [0.05, 0.1) is 17.8 Å². The van der Waals surface area contributed by atoms with Crippen LogP contribution in [0, 0.1) is 5.41 Å². The lowest BCUT2D eigenvalue weighted by Gasteiger charge is -2.22. The van der Waals surface area contributed by atoms with E-state index in [2.05, 4.69) is 66.5 Å². The van der Waals surface area contributed by atoms with Gasteiger partial charge in [0, 0.05) is 24.1 Å². The molecule has 190 valence electrons. The highest BCUT2D eigenvalue weighted by Gasteiger charge is 2.24. The molecular formula is C29H32N6O2. The van der Waals surface area contributed by atoms with Crippen molar-refractivity contribution >= 4 is 17.4 Å². The van der Waals surface area contributed by atoms with E-state index < -0.39 is 0 Å². The van der Waals surface area contributed by atoms with Crippen LogP contribution >= 0.6 is 0 Å². The maximum absolute atomic E-state index is 13.9. The van der Waals surface area contributed by atoms with Crippen molar-refractivity contribution in [2.75, 3.05) is 0 Å². The van der Waals surface area contributed by atoms with Crippen molar-refractivity contribution in [3.8, 4) is 11.1 Å². The highest BCUT2D eigenvalue weighted by Crippen LogP contribution is 2.28. The van der Waals surface area contributed by atoms with Crippen LogP contribution in [0.4, 0.5) is 0 Å². The first kappa shape index (κ1) is 24.6. The van der Waals surface area contributed by atoms with Crippen molar-refractivity contribution in [2.45, 2.75) is 59.9 Å². The minimum absolute atomic E-state index is 0.0254. The van der Waals surface area contributed by atoms with Gasteiger partial charge in [-0.05, 0) is 34.6 Å². The number of nitrogens with zero attached hydrogens (tertiary/aromatic N) is 5. The summed E-state index contributed by atoms with van der Waals surface area (Å²) in [5, 5.41) is 8.80. The number of aromatic nitrogens is 4. The summed E-state index contributed by atoms with van der Waals surface area (Å²) < 4.78 is 3.58. The molecule has 0 radical (unpaired) electrons. The summed E-state index contributed by atoms with van der Waals surface area (Å²) >= 11 is 0. The highest BCUT2D eigenvalue weighted by atomic mass is 16.2. The van der Waals surface area contributed by atoms with Gasteiger partial charge < -0.3 is 0 Å². The van der Waals surface area contributed by atoms with Crippen LogP contribution < -0.4 is 11.0 Å². The van der Waals surface area contributed by atoms with Crippen LogP contribution in [0.25, 0.3) is 16.9 Å². The van der Waals surface area contributed by atoms with Crippen LogP contribution in [0.1, 0.15) is 62.9 Å². The molecule has 8 nitrogen and oxygen atoms in total. The molecule has 0 saturated heterocycles. The number of carbonyl (C=O) groups is 1. The maximum atomic E-state index is 13.9. The molecule has 0 saturated carbocycles. The van der Waals surface area contributed by atoms with E-state index in [1.165, 1.54) is 6.33 Å². The largest absolute Gasteiger partial charge is 0.276 e. The van der Waals surface area contributed by atoms with Crippen LogP contribution in [0.3, 0.4) is 0 Å². The van der Waals surface area contributed by atoms with E-state index in [1.807, 2.05) is 34.8 Å². The van der Waals surface area contributed by atoms with Crippen LogP contribution in [0.5, 0.6) is 0 Å². The van der Waals surface area contributed by atoms with Crippen molar-refractivity contribution in [3.63, 3.8) is 0 Å². The summed E-state index contributed by atoms with van der Waals surface area (Å²) in [6.07, 6.45) is 3.80. The number of hydrogen-bond donors (Lipinski definition) is 1. The number of nitrogens with one attached hydrogen (secondary N) is 1. The number of aryl methyl sites for hydroxylation is 1. The molecule has 0 spiro atoms. The van der Waals surface area contributed by atoms with Gasteiger partial charge in [-0.3, -0.25) is 14.2 Å². The molecule has 3 heterocycles. The molecule has 1 amide bonds. The Hall–Kier alpha value is -4.07. The fourth-order valence-electron chi connectivity index (χ4n) is 4.93. The van der Waals surface area contributed by atoms with Crippen LogP contribution in [0.15, 0.2) is 64.8 Å². The summed E-state index contributed by atoms with van der Waals surface area (Å²) in [6, 6.07) is 16.3. The Morgan fingerprint density at radius 1 is 1.03 bits per heavy atom. The average molecular weight is 497 g/mol. The summed E-state index contributed by atoms with van der Waals surface area (Å²) in [5.41, 5.74) is 8.71. The number of amides is 1. The zero-order chi connectivity index (χ0) is 26.2. The molecule has 2 aromatic heterocycles. The first-order chi connectivity index (χ1) is 17.7. The fourth-order valence-corrected chi connectivity index (χ4v) is 4.93. The van der Waals surface area contributed by atoms with Crippen molar-refractivity contribution in [2.24, 2.45) is 10.5 Å². The topological polar surface area (TPSA) is 93.6 Å². The Kier molecular flexibility index (Phi) is 6.50. The predicted octanol–water partition coefficient (Wildman–Crippen LogP) is 4.37. The molecule has 8 heteroatoms. The van der Waals surface area contributed by atoms with Crippen molar-refractivity contribution in [1.82, 2.24) is 24.6 Å². The van der Waals surface area contributed by atoms with Gasteiger partial charge in [0.2, 0.25) is 11.7 Å². The predicted molar refractivity (Wildman–Crippen MR) is 145 cm³/mol. The normalized spacial score (nSPS) is 13.7. The van der Waals surface area contributed by atoms with Crippen LogP contribution in [-0.2, 0) is 24.2 Å². The number of benzene rings is 2. The van der Waals surface area contributed by atoms with E-state index in [9.17, 15) is 9.59 Å². The molecule has 0 bridgehead atoms. The Balaban J connectivity index is 1.65. The zero-order valence-corrected chi connectivity index (χ0v) is 21.8. The quantitative estimate of drug-likeness (QED) is 0.411. The van der Waals surface area contributed by atoms with Crippen molar-refractivity contribution < 1.29 is 4.79 Å². The van der Waals surface area contributed by atoms with E-state index >= 15 is 0 Å². The van der Waals surface area contributed by atoms with Crippen LogP contribution in [0.2, 0.25) is 0 Å². The Morgan fingerprint density at radius 2 is 1.81 bits per heavy atom. The molecule has 0 atom stereocenters. The fraction of sp³-hybridized carbons (Fsp3) is 0.345. The van der Waals surface area contributed by atoms with E-state index in [4.69, 9.17) is 0 Å². The van der Waals surface area contributed by atoms with Crippen molar-refractivity contribution in [3.05, 3.63) is 87.6 Å². The van der Waals surface area contributed by atoms with E-state index in [1.54, 1.807) is 4.57 Å². The third kappa shape index (κ3) is 4.96. The molecule has 1 aliphatic rings. The molecule has 0 fully saturated rings. The van der Waals surface area contributed by atoms with Gasteiger partial charge in [-0.25, -0.2) is 9.94 Å². The van der Waals surface area contributed by atoms with Crippen molar-refractivity contribution in [1.29, 1.82) is 0 Å². The van der Waals surface area contributed by atoms with E-state index in [-0.39, 0.29) is 23.3 Å². The lowest BCUT2D eigenvalue weighted by Crippen LogP contribution is -2.33. The number of hydrogen-bond acceptors (Lipinski definition) is 5. The molecule has 37 heavy (non-hydrogen) atoms. The smallest absolute Gasteiger partial charge is 0.258 e. The molecule has 5 rings (SSSR count). The number of hydrazone groups is 1. The third-order valence-electron chi connectivity index (χ3n) is 6.50. The molecule has 0 unspecified atom stereocenters. The molecule has 0 aliphatic carbocycles. The van der Waals surface area contributed by atoms with E-state index in [0.717, 1.165) is 46.4 Å². The highest BCUT2D eigenvalue weighted by molar-refractivity contribution is 6.16. The first-order valence-electron chi connectivity index (χ1n) is 12.7. The second-order valence-corrected chi connectivity index (χ2v) is 10.8. The lowest BCUT2D eigenvalue weighted by atomic mass is 9.91. The summed E-state index contributed by atoms with van der Waals surface area (Å²) in [6.45, 7) is 8.97. The minimum Gasteiger partial charge on any atom is -0.276 e. The van der Waals surface area contributed by atoms with E-state index in [0.29, 0.717) is 24.5 Å². The molecular weight excluding hydrogens is 464 g/mol. The maximum Gasteiger partial charge on any atom is 0.258 e. The summed E-state index contributed by atoms with van der Waals surface area (Å²) in [4.78, 5) is 30.3. The number of rotatable bonds is 7. The standard InChI is InChI=1S/C29H32N6O2/c1-5-9-25-23(27(37)34(17-29(2,3)4)28-30-18-31-35(25)28)15-19-12-13-21(20-10-7-6-8-11-20)22(14-19)24-16-26(36)33-32-24/h6-8,10-14,18H,5,9,15-17H2,1-4H3,(H,33,36). The second-order valence-electron chi connectivity index (χ2n) is 10.8. The second kappa shape index (κ2) is 9.76. The first-order valence-corrected chi connectivity index (χ1v) is 12.7. The molecule has 1 N–H and O–H groups in total. The lowest BCUT2D eigenvalue weighted by molar-refractivity contribution is -0.119. The van der Waals surface area contributed by atoms with Gasteiger partial charge in [0.15, 0.2) is 0 Å². The average Bonchev–Trinajstić information content (AvgIpc) is 3.53. The zero-order valence-electron chi connectivity index (χ0n) is 21.8. The summed E-state index contributed by atoms with van der Waals surface area (Å²) in [5.74, 6) is 0.462. The monoisotopic (exact) mass is 496 g/mol. The number of fused-ring (bicyclic) bond motifs is 1. The molecule has 2 aromatic carbocycles. The third-order valence-corrected chi connectivity index (χ3v) is 6.50. The number of carbonyl (C=O) groups excluding carboxylic acids is 1. The molecule has 4 aromatic rings. The van der Waals surface area contributed by atoms with Gasteiger partial charge in [-0.15, -0.1) is 0 Å². The van der Waals surface area contributed by atoms with Gasteiger partial charge in [-0.2, -0.15) is 15.2 Å². The molecule has 1 aliphatic heterocycles. The van der Waals surface area contributed by atoms with Gasteiger partial charge >= 0.3 is 0 Å². The minimum atomic E-state index is -0.119.